The molecule has 4 aromatic carbocycles. The molecule has 0 saturated heterocycles. The maximum atomic E-state index is 10.5. The van der Waals surface area contributed by atoms with Gasteiger partial charge >= 0.3 is 0 Å². The third-order valence-electron chi connectivity index (χ3n) is 7.44. The number of phenolic OH excluding ortho intramolecular Hbond substituents is 1. The molecule has 1 N–H and O–H groups in total. The van der Waals surface area contributed by atoms with Crippen LogP contribution in [0.4, 0.5) is 0 Å². The molecule has 0 amide bonds. The normalized spacial score (nSPS) is 12.0. The Hall–Kier alpha value is -3.75. The average Bonchev–Trinajstić information content (AvgIpc) is 3.35. The van der Waals surface area contributed by atoms with Gasteiger partial charge in [0.1, 0.15) is 11.3 Å². The number of phenols is 1. The molecule has 6 rings (SSSR count). The van der Waals surface area contributed by atoms with Crippen molar-refractivity contribution < 1.29 is 30.6 Å². The number of para-hydroxylation sites is 1. The van der Waals surface area contributed by atoms with Gasteiger partial charge in [0.25, 0.3) is 0 Å². The third kappa shape index (κ3) is 5.46. The Labute approximate surface area is 255 Å². The summed E-state index contributed by atoms with van der Waals surface area (Å²) in [4.78, 5) is 9.64. The molecule has 0 aliphatic carbocycles. The maximum absolute atomic E-state index is 10.5. The third-order valence-corrected chi connectivity index (χ3v) is 7.44. The Morgan fingerprint density at radius 3 is 1.98 bits per heavy atom. The predicted octanol–water partition coefficient (Wildman–Crippen LogP) is 9.48. The van der Waals surface area contributed by atoms with Gasteiger partial charge in [0.05, 0.1) is 11.1 Å². The minimum atomic E-state index is -0.108. The van der Waals surface area contributed by atoms with Gasteiger partial charge in [-0.15, -0.1) is 35.4 Å². The quantitative estimate of drug-likeness (QED) is 0.185. The summed E-state index contributed by atoms with van der Waals surface area (Å²) in [5, 5.41) is 11.6. The van der Waals surface area contributed by atoms with Gasteiger partial charge in [-0.25, -0.2) is 4.98 Å². The smallest absolute Gasteiger partial charge is 0.230 e. The second-order valence-electron chi connectivity index (χ2n) is 12.5. The van der Waals surface area contributed by atoms with Crippen molar-refractivity contribution >= 4 is 22.0 Å². The molecule has 0 aliphatic rings. The Balaban J connectivity index is 0.00000337. The molecule has 0 radical (unpaired) electrons. The number of benzene rings is 4. The molecule has 0 unspecified atom stereocenters. The van der Waals surface area contributed by atoms with Crippen LogP contribution in [0.15, 0.2) is 89.5 Å². The zero-order chi connectivity index (χ0) is 28.2. The van der Waals surface area contributed by atoms with Gasteiger partial charge in [-0.1, -0.05) is 89.1 Å². The summed E-state index contributed by atoms with van der Waals surface area (Å²) in [7, 11) is 0. The number of nitrogens with zero attached hydrogens (tertiary/aromatic N) is 2. The molecular formula is C36H33N2O2Pt-. The maximum Gasteiger partial charge on any atom is 0.230 e. The number of oxazole rings is 1. The number of aromatic hydroxyl groups is 1. The molecule has 0 fully saturated rings. The number of aromatic nitrogens is 2. The summed E-state index contributed by atoms with van der Waals surface area (Å²) in [6.45, 7) is 13.3. The van der Waals surface area contributed by atoms with Crippen LogP contribution in [-0.4, -0.2) is 15.1 Å². The topological polar surface area (TPSA) is 59.2 Å². The van der Waals surface area contributed by atoms with Crippen LogP contribution in [0.1, 0.15) is 52.7 Å². The first kappa shape index (κ1) is 28.8. The molecule has 0 spiro atoms. The summed E-state index contributed by atoms with van der Waals surface area (Å²) < 4.78 is 6.26. The minimum absolute atomic E-state index is 0. The van der Waals surface area contributed by atoms with Gasteiger partial charge in [-0.2, -0.15) is 0 Å². The van der Waals surface area contributed by atoms with E-state index in [1.807, 2.05) is 24.4 Å². The molecule has 4 nitrogen and oxygen atoms in total. The van der Waals surface area contributed by atoms with E-state index in [2.05, 4.69) is 96.1 Å². The molecular weight excluding hydrogens is 687 g/mol. The summed E-state index contributed by atoms with van der Waals surface area (Å²) in [6.07, 6.45) is 1.85. The number of hydrogen-bond donors (Lipinski definition) is 1. The van der Waals surface area contributed by atoms with E-state index in [4.69, 9.17) is 14.4 Å². The summed E-state index contributed by atoms with van der Waals surface area (Å²) >= 11 is 0. The Kier molecular flexibility index (Phi) is 7.42. The van der Waals surface area contributed by atoms with Gasteiger partial charge < -0.3 is 9.52 Å². The van der Waals surface area contributed by atoms with Crippen molar-refractivity contribution in [3.63, 3.8) is 0 Å². The largest absolute Gasteiger partial charge is 0.507 e. The van der Waals surface area contributed by atoms with Crippen molar-refractivity contribution in [1.29, 1.82) is 0 Å². The van der Waals surface area contributed by atoms with Gasteiger partial charge in [-0.05, 0) is 51.6 Å². The SMILES string of the molecule is CC(C)(C)c1cc(-c2[c-]c(-c3cc(C(C)(C)C)cc4oc(-c5ccccc5O)nc34)ccc2)c2ncccc2c1.[Pt]. The van der Waals surface area contributed by atoms with Crippen molar-refractivity contribution in [1.82, 2.24) is 9.97 Å². The fourth-order valence-electron chi connectivity index (χ4n) is 5.05. The van der Waals surface area contributed by atoms with E-state index in [1.165, 1.54) is 5.56 Å². The monoisotopic (exact) mass is 720 g/mol. The van der Waals surface area contributed by atoms with Gasteiger partial charge in [0.2, 0.25) is 5.89 Å². The van der Waals surface area contributed by atoms with Crippen LogP contribution in [0.5, 0.6) is 5.75 Å². The van der Waals surface area contributed by atoms with Crippen LogP contribution in [0.3, 0.4) is 0 Å². The molecule has 6 aromatic rings. The Morgan fingerprint density at radius 2 is 1.32 bits per heavy atom. The van der Waals surface area contributed by atoms with Crippen LogP contribution in [-0.2, 0) is 31.9 Å². The standard InChI is InChI=1S/C36H33N2O2.Pt/c1-35(2,3)25-18-24-13-10-16-37-32(24)28(19-25)22-11-9-12-23(17-22)29-20-26(36(4,5)6)21-31-33(29)38-34(40-31)27-14-7-8-15-30(27)39;/h7-16,18-21,39H,1-6H3;/q-1;. The van der Waals surface area contributed by atoms with Gasteiger partial charge in [-0.3, -0.25) is 4.98 Å². The number of rotatable bonds is 3. The molecule has 2 heterocycles. The first-order chi connectivity index (χ1) is 19.0. The van der Waals surface area contributed by atoms with Gasteiger partial charge in [0, 0.05) is 32.8 Å². The molecule has 0 saturated carbocycles. The summed E-state index contributed by atoms with van der Waals surface area (Å²) in [6, 6.07) is 29.9. The zero-order valence-electron chi connectivity index (χ0n) is 24.1. The van der Waals surface area contributed by atoms with Crippen molar-refractivity contribution in [2.45, 2.75) is 52.4 Å². The zero-order valence-corrected chi connectivity index (χ0v) is 26.4. The predicted molar refractivity (Wildman–Crippen MR) is 164 cm³/mol. The van der Waals surface area contributed by atoms with Crippen molar-refractivity contribution in [2.24, 2.45) is 0 Å². The number of pyridine rings is 1. The van der Waals surface area contributed by atoms with E-state index in [1.54, 1.807) is 12.1 Å². The van der Waals surface area contributed by atoms with Gasteiger partial charge in [0.15, 0.2) is 0 Å². The second kappa shape index (κ2) is 10.6. The van der Waals surface area contributed by atoms with Crippen molar-refractivity contribution in [2.75, 3.05) is 0 Å². The molecule has 2 aromatic heterocycles. The molecule has 5 heteroatoms. The Bertz CT molecular complexity index is 1890. The minimum Gasteiger partial charge on any atom is -0.507 e. The molecule has 0 aliphatic heterocycles. The number of hydrogen-bond acceptors (Lipinski definition) is 4. The first-order valence-electron chi connectivity index (χ1n) is 13.6. The molecule has 0 bridgehead atoms. The van der Waals surface area contributed by atoms with E-state index >= 15 is 0 Å². The molecule has 210 valence electrons. The van der Waals surface area contributed by atoms with E-state index in [9.17, 15) is 5.11 Å². The fraction of sp³-hybridized carbons (Fsp3) is 0.222. The van der Waals surface area contributed by atoms with E-state index < -0.39 is 0 Å². The van der Waals surface area contributed by atoms with Crippen LogP contribution in [0.2, 0.25) is 0 Å². The fourth-order valence-corrected chi connectivity index (χ4v) is 5.05. The summed E-state index contributed by atoms with van der Waals surface area (Å²) in [5.41, 5.74) is 9.12. The summed E-state index contributed by atoms with van der Waals surface area (Å²) in [5.74, 6) is 0.531. The van der Waals surface area contributed by atoms with Crippen molar-refractivity contribution in [3.05, 3.63) is 102 Å². The van der Waals surface area contributed by atoms with Crippen molar-refractivity contribution in [3.8, 4) is 39.5 Å². The number of fused-ring (bicyclic) bond motifs is 2. The molecule has 41 heavy (non-hydrogen) atoms. The van der Waals surface area contributed by atoms with Crippen LogP contribution < -0.4 is 0 Å². The van der Waals surface area contributed by atoms with Crippen LogP contribution >= 0.6 is 0 Å². The van der Waals surface area contributed by atoms with E-state index in [-0.39, 0.29) is 37.6 Å². The van der Waals surface area contributed by atoms with Crippen LogP contribution in [0, 0.1) is 6.07 Å². The Morgan fingerprint density at radius 1 is 0.683 bits per heavy atom. The van der Waals surface area contributed by atoms with E-state index in [0.29, 0.717) is 17.0 Å². The second-order valence-corrected chi connectivity index (χ2v) is 12.5. The van der Waals surface area contributed by atoms with Crippen LogP contribution in [0.25, 0.3) is 55.7 Å². The molecule has 0 atom stereocenters. The first-order valence-corrected chi connectivity index (χ1v) is 13.6. The average molecular weight is 721 g/mol. The van der Waals surface area contributed by atoms with E-state index in [0.717, 1.165) is 44.2 Å².